The predicted octanol–water partition coefficient (Wildman–Crippen LogP) is 5.11. The molecule has 166 valence electrons. The molecule has 1 aromatic heterocycles. The van der Waals surface area contributed by atoms with Crippen molar-refractivity contribution >= 4 is 11.7 Å². The van der Waals surface area contributed by atoms with E-state index < -0.39 is 0 Å². The van der Waals surface area contributed by atoms with Gasteiger partial charge >= 0.3 is 0 Å². The number of rotatable bonds is 6. The fourth-order valence-electron chi connectivity index (χ4n) is 4.43. The van der Waals surface area contributed by atoms with Crippen molar-refractivity contribution in [3.63, 3.8) is 0 Å². The van der Waals surface area contributed by atoms with Crippen molar-refractivity contribution < 1.29 is 9.59 Å². The van der Waals surface area contributed by atoms with Crippen LogP contribution in [0.4, 0.5) is 0 Å². The van der Waals surface area contributed by atoms with E-state index in [1.54, 1.807) is 4.68 Å². The van der Waals surface area contributed by atoms with E-state index in [1.807, 2.05) is 60.4 Å². The van der Waals surface area contributed by atoms with Crippen LogP contribution in [0.25, 0.3) is 5.69 Å². The Kier molecular flexibility index (Phi) is 6.54. The van der Waals surface area contributed by atoms with Gasteiger partial charge in [0, 0.05) is 30.3 Å². The SMILES string of the molecule is Cc1cc(C(=O)N2CCC(C(=O)c3ccc(CC(C)C)cc3)CC2)nn1-c1ccccc1. The summed E-state index contributed by atoms with van der Waals surface area (Å²) in [6.45, 7) is 7.51. The molecule has 0 spiro atoms. The van der Waals surface area contributed by atoms with Crippen LogP contribution in [0.15, 0.2) is 60.7 Å². The van der Waals surface area contributed by atoms with Crippen LogP contribution in [0.1, 0.15) is 58.8 Å². The smallest absolute Gasteiger partial charge is 0.274 e. The number of likely N-dealkylation sites (tertiary alicyclic amines) is 1. The average molecular weight is 430 g/mol. The Balaban J connectivity index is 1.37. The summed E-state index contributed by atoms with van der Waals surface area (Å²) in [4.78, 5) is 27.8. The molecule has 4 rings (SSSR count). The van der Waals surface area contributed by atoms with Crippen LogP contribution < -0.4 is 0 Å². The molecule has 2 aromatic carbocycles. The Morgan fingerprint density at radius 2 is 1.66 bits per heavy atom. The zero-order valence-electron chi connectivity index (χ0n) is 19.1. The first-order valence-corrected chi connectivity index (χ1v) is 11.5. The number of carbonyl (C=O) groups excluding carboxylic acids is 2. The lowest BCUT2D eigenvalue weighted by molar-refractivity contribution is 0.0645. The number of hydrogen-bond acceptors (Lipinski definition) is 3. The topological polar surface area (TPSA) is 55.2 Å². The molecule has 1 aliphatic heterocycles. The second-order valence-electron chi connectivity index (χ2n) is 9.14. The van der Waals surface area contributed by atoms with Gasteiger partial charge in [0.05, 0.1) is 5.69 Å². The molecule has 1 aliphatic rings. The fraction of sp³-hybridized carbons (Fsp3) is 0.370. The first-order valence-electron chi connectivity index (χ1n) is 11.5. The maximum atomic E-state index is 13.0. The number of Topliss-reactive ketones (excluding diaryl/α,β-unsaturated/α-hetero) is 1. The van der Waals surface area contributed by atoms with Gasteiger partial charge in [0.1, 0.15) is 0 Å². The Hall–Kier alpha value is -3.21. The highest BCUT2D eigenvalue weighted by atomic mass is 16.2. The zero-order chi connectivity index (χ0) is 22.7. The van der Waals surface area contributed by atoms with Gasteiger partial charge in [0.2, 0.25) is 0 Å². The molecule has 1 amide bonds. The minimum Gasteiger partial charge on any atom is -0.337 e. The van der Waals surface area contributed by atoms with Crippen molar-refractivity contribution in [2.45, 2.75) is 40.0 Å². The molecule has 3 aromatic rings. The molecular formula is C27H31N3O2. The van der Waals surface area contributed by atoms with Gasteiger partial charge in [-0.15, -0.1) is 0 Å². The summed E-state index contributed by atoms with van der Waals surface area (Å²) in [5.74, 6) is 0.698. The quantitative estimate of drug-likeness (QED) is 0.512. The fourth-order valence-corrected chi connectivity index (χ4v) is 4.43. The van der Waals surface area contributed by atoms with Crippen LogP contribution in [-0.4, -0.2) is 39.5 Å². The number of aromatic nitrogens is 2. The van der Waals surface area contributed by atoms with Gasteiger partial charge in [0.15, 0.2) is 11.5 Å². The van der Waals surface area contributed by atoms with Crippen LogP contribution in [0.2, 0.25) is 0 Å². The number of ketones is 1. The Morgan fingerprint density at radius 1 is 1.00 bits per heavy atom. The number of hydrogen-bond donors (Lipinski definition) is 0. The second-order valence-corrected chi connectivity index (χ2v) is 9.14. The Bertz CT molecular complexity index is 1080. The van der Waals surface area contributed by atoms with Crippen molar-refractivity contribution in [2.24, 2.45) is 11.8 Å². The van der Waals surface area contributed by atoms with Crippen LogP contribution >= 0.6 is 0 Å². The lowest BCUT2D eigenvalue weighted by Gasteiger charge is -2.31. The number of amides is 1. The van der Waals surface area contributed by atoms with Gasteiger partial charge in [-0.25, -0.2) is 4.68 Å². The van der Waals surface area contributed by atoms with Gasteiger partial charge in [-0.3, -0.25) is 9.59 Å². The molecule has 5 nitrogen and oxygen atoms in total. The minimum absolute atomic E-state index is 0.0291. The van der Waals surface area contributed by atoms with E-state index in [0.717, 1.165) is 23.4 Å². The standard InChI is InChI=1S/C27H31N3O2/c1-19(2)17-21-9-11-22(12-10-21)26(31)23-13-15-29(16-14-23)27(32)25-18-20(3)30(28-25)24-7-5-4-6-8-24/h4-12,18-19,23H,13-17H2,1-3H3. The van der Waals surface area contributed by atoms with Gasteiger partial charge in [-0.2, -0.15) is 5.10 Å². The van der Waals surface area contributed by atoms with E-state index in [9.17, 15) is 9.59 Å². The molecule has 0 N–H and O–H groups in total. The zero-order valence-corrected chi connectivity index (χ0v) is 19.1. The Morgan fingerprint density at radius 3 is 2.28 bits per heavy atom. The summed E-state index contributed by atoms with van der Waals surface area (Å²) in [6, 6.07) is 19.7. The third-order valence-corrected chi connectivity index (χ3v) is 6.14. The van der Waals surface area contributed by atoms with Crippen molar-refractivity contribution in [1.82, 2.24) is 14.7 Å². The number of piperidine rings is 1. The van der Waals surface area contributed by atoms with Crippen molar-refractivity contribution in [3.05, 3.63) is 83.2 Å². The number of benzene rings is 2. The highest BCUT2D eigenvalue weighted by molar-refractivity contribution is 5.98. The molecule has 0 saturated carbocycles. The lowest BCUT2D eigenvalue weighted by atomic mass is 9.88. The summed E-state index contributed by atoms with van der Waals surface area (Å²) < 4.78 is 1.80. The van der Waals surface area contributed by atoms with E-state index in [0.29, 0.717) is 37.5 Å². The minimum atomic E-state index is -0.0632. The van der Waals surface area contributed by atoms with E-state index in [-0.39, 0.29) is 17.6 Å². The average Bonchev–Trinajstić information content (AvgIpc) is 3.20. The normalized spacial score (nSPS) is 14.7. The molecular weight excluding hydrogens is 398 g/mol. The van der Waals surface area contributed by atoms with Gasteiger partial charge in [0.25, 0.3) is 5.91 Å². The molecule has 32 heavy (non-hydrogen) atoms. The van der Waals surface area contributed by atoms with Crippen molar-refractivity contribution in [3.8, 4) is 5.69 Å². The number of aryl methyl sites for hydroxylation is 1. The largest absolute Gasteiger partial charge is 0.337 e. The van der Waals surface area contributed by atoms with Gasteiger partial charge < -0.3 is 4.90 Å². The summed E-state index contributed by atoms with van der Waals surface area (Å²) in [6.07, 6.45) is 2.40. The van der Waals surface area contributed by atoms with Crippen LogP contribution in [0.3, 0.4) is 0 Å². The summed E-state index contributed by atoms with van der Waals surface area (Å²) in [5, 5.41) is 4.54. The Labute approximate surface area is 190 Å². The highest BCUT2D eigenvalue weighted by Crippen LogP contribution is 2.24. The number of para-hydroxylation sites is 1. The molecule has 5 heteroatoms. The first kappa shape index (κ1) is 22.0. The van der Waals surface area contributed by atoms with E-state index in [1.165, 1.54) is 5.56 Å². The molecule has 2 heterocycles. The van der Waals surface area contributed by atoms with Gasteiger partial charge in [-0.1, -0.05) is 56.3 Å². The predicted molar refractivity (Wildman–Crippen MR) is 126 cm³/mol. The number of nitrogens with zero attached hydrogens (tertiary/aromatic N) is 3. The molecule has 0 unspecified atom stereocenters. The maximum Gasteiger partial charge on any atom is 0.274 e. The third-order valence-electron chi connectivity index (χ3n) is 6.14. The summed E-state index contributed by atoms with van der Waals surface area (Å²) >= 11 is 0. The molecule has 1 fully saturated rings. The van der Waals surface area contributed by atoms with E-state index in [2.05, 4.69) is 31.1 Å². The highest BCUT2D eigenvalue weighted by Gasteiger charge is 2.29. The molecule has 0 bridgehead atoms. The monoisotopic (exact) mass is 429 g/mol. The maximum absolute atomic E-state index is 13.0. The molecule has 0 atom stereocenters. The van der Waals surface area contributed by atoms with E-state index in [4.69, 9.17) is 0 Å². The second kappa shape index (κ2) is 9.51. The first-order chi connectivity index (χ1) is 15.4. The molecule has 1 saturated heterocycles. The van der Waals surface area contributed by atoms with Gasteiger partial charge in [-0.05, 0) is 55.9 Å². The third kappa shape index (κ3) is 4.82. The molecule has 0 radical (unpaired) electrons. The van der Waals surface area contributed by atoms with Crippen LogP contribution in [-0.2, 0) is 6.42 Å². The summed E-state index contributed by atoms with van der Waals surface area (Å²) in [5.41, 5.74) is 4.36. The number of carbonyl (C=O) groups is 2. The van der Waals surface area contributed by atoms with E-state index >= 15 is 0 Å². The summed E-state index contributed by atoms with van der Waals surface area (Å²) in [7, 11) is 0. The lowest BCUT2D eigenvalue weighted by Crippen LogP contribution is -2.40. The van der Waals surface area contributed by atoms with Crippen molar-refractivity contribution in [1.29, 1.82) is 0 Å². The van der Waals surface area contributed by atoms with Crippen LogP contribution in [0.5, 0.6) is 0 Å². The van der Waals surface area contributed by atoms with Crippen LogP contribution in [0, 0.1) is 18.8 Å². The van der Waals surface area contributed by atoms with Crippen molar-refractivity contribution in [2.75, 3.05) is 13.1 Å². The molecule has 0 aliphatic carbocycles.